The van der Waals surface area contributed by atoms with E-state index in [4.69, 9.17) is 0 Å². The summed E-state index contributed by atoms with van der Waals surface area (Å²) in [5.74, 6) is -0.939. The normalized spacial score (nSPS) is 17.3. The van der Waals surface area contributed by atoms with Gasteiger partial charge in [0.15, 0.2) is 0 Å². The average molecular weight is 475 g/mol. The summed E-state index contributed by atoms with van der Waals surface area (Å²) < 4.78 is 26.8. The van der Waals surface area contributed by atoms with Crippen LogP contribution in [0.5, 0.6) is 0 Å². The number of nitrogens with zero attached hydrogens (tertiary/aromatic N) is 4. The van der Waals surface area contributed by atoms with Crippen molar-refractivity contribution in [2.24, 2.45) is 5.18 Å². The third-order valence-electron chi connectivity index (χ3n) is 6.88. The highest BCUT2D eigenvalue weighted by Crippen LogP contribution is 2.35. The number of hydrogen-bond acceptors (Lipinski definition) is 6. The number of amides is 2. The zero-order valence-corrected chi connectivity index (χ0v) is 19.9. The van der Waals surface area contributed by atoms with Gasteiger partial charge in [-0.3, -0.25) is 14.5 Å². The number of hydrogen-bond donors (Lipinski definition) is 0. The van der Waals surface area contributed by atoms with Gasteiger partial charge in [-0.25, -0.2) is 12.4 Å². The zero-order valence-electron chi connectivity index (χ0n) is 19.1. The molecule has 2 aliphatic rings. The van der Waals surface area contributed by atoms with Gasteiger partial charge >= 0.3 is 0 Å². The van der Waals surface area contributed by atoms with Gasteiger partial charge in [-0.1, -0.05) is 12.8 Å². The first-order chi connectivity index (χ1) is 15.7. The first-order valence-electron chi connectivity index (χ1n) is 11.4. The fourth-order valence-corrected chi connectivity index (χ4v) is 6.39. The van der Waals surface area contributed by atoms with E-state index < -0.39 is 15.9 Å². The maximum absolute atomic E-state index is 13.0. The van der Waals surface area contributed by atoms with Crippen LogP contribution in [-0.2, 0) is 27.8 Å². The van der Waals surface area contributed by atoms with Gasteiger partial charge in [0.1, 0.15) is 0 Å². The molecule has 0 spiro atoms. The third-order valence-corrected chi connectivity index (χ3v) is 7.96. The summed E-state index contributed by atoms with van der Waals surface area (Å²) in [6.07, 6.45) is 7.06. The van der Waals surface area contributed by atoms with Gasteiger partial charge in [0, 0.05) is 67.4 Å². The van der Waals surface area contributed by atoms with E-state index in [0.29, 0.717) is 43.1 Å². The van der Waals surface area contributed by atoms with Crippen molar-refractivity contribution in [2.75, 3.05) is 26.4 Å². The summed E-state index contributed by atoms with van der Waals surface area (Å²) in [6.45, 7) is 1.84. The van der Waals surface area contributed by atoms with Crippen molar-refractivity contribution in [3.05, 3.63) is 39.9 Å². The molecule has 2 heterocycles. The summed E-state index contributed by atoms with van der Waals surface area (Å²) in [5, 5.41) is 3.18. The molecule has 0 bridgehead atoms. The van der Waals surface area contributed by atoms with E-state index in [-0.39, 0.29) is 12.3 Å². The van der Waals surface area contributed by atoms with E-state index >= 15 is 0 Å². The largest absolute Gasteiger partial charge is 0.342 e. The molecule has 9 nitrogen and oxygen atoms in total. The molecule has 10 heteroatoms. The maximum atomic E-state index is 13.0. The number of benzene rings is 1. The van der Waals surface area contributed by atoms with Crippen molar-refractivity contribution in [1.29, 1.82) is 0 Å². The lowest BCUT2D eigenvalue weighted by molar-refractivity contribution is -0.118. The quantitative estimate of drug-likeness (QED) is 0.571. The summed E-state index contributed by atoms with van der Waals surface area (Å²) in [7, 11) is -1.86. The van der Waals surface area contributed by atoms with Crippen molar-refractivity contribution in [3.63, 3.8) is 0 Å². The van der Waals surface area contributed by atoms with E-state index in [0.717, 1.165) is 23.2 Å². The molecule has 1 aromatic carbocycles. The predicted octanol–water partition coefficient (Wildman–Crippen LogP) is 2.89. The van der Waals surface area contributed by atoms with Gasteiger partial charge in [-0.05, 0) is 43.0 Å². The number of nitroso groups, excluding NO2 is 1. The van der Waals surface area contributed by atoms with Gasteiger partial charge in [0.05, 0.1) is 11.8 Å². The van der Waals surface area contributed by atoms with Crippen LogP contribution in [0.25, 0.3) is 10.9 Å². The maximum Gasteiger partial charge on any atom is 0.286 e. The fourth-order valence-electron chi connectivity index (χ4n) is 5.27. The molecule has 1 fully saturated rings. The van der Waals surface area contributed by atoms with Gasteiger partial charge in [-0.15, -0.1) is 4.91 Å². The van der Waals surface area contributed by atoms with E-state index in [1.165, 1.54) is 40.8 Å². The van der Waals surface area contributed by atoms with Crippen LogP contribution in [0.2, 0.25) is 0 Å². The second-order valence-corrected chi connectivity index (χ2v) is 11.0. The lowest BCUT2D eigenvalue weighted by Gasteiger charge is -2.32. The molecule has 1 aliphatic heterocycles. The predicted molar refractivity (Wildman–Crippen MR) is 126 cm³/mol. The number of aromatic nitrogens is 1. The molecule has 0 saturated heterocycles. The van der Waals surface area contributed by atoms with Crippen LogP contribution in [0, 0.1) is 4.91 Å². The van der Waals surface area contributed by atoms with Crippen molar-refractivity contribution in [2.45, 2.75) is 57.5 Å². The second kappa shape index (κ2) is 9.34. The molecule has 0 radical (unpaired) electrons. The minimum absolute atomic E-state index is 0.00186. The van der Waals surface area contributed by atoms with Gasteiger partial charge < -0.3 is 4.90 Å². The fraction of sp³-hybridized carbons (Fsp3) is 0.565. The monoisotopic (exact) mass is 474 g/mol. The van der Waals surface area contributed by atoms with Crippen molar-refractivity contribution in [3.8, 4) is 0 Å². The molecule has 0 N–H and O–H groups in total. The minimum Gasteiger partial charge on any atom is -0.342 e. The zero-order chi connectivity index (χ0) is 23.8. The van der Waals surface area contributed by atoms with Crippen molar-refractivity contribution < 1.29 is 18.0 Å². The Morgan fingerprint density at radius 2 is 1.94 bits per heavy atom. The van der Waals surface area contributed by atoms with Crippen LogP contribution in [-0.4, -0.2) is 66.4 Å². The molecule has 2 aromatic rings. The van der Waals surface area contributed by atoms with Crippen LogP contribution in [0.1, 0.15) is 60.1 Å². The Bertz CT molecular complexity index is 1200. The highest BCUT2D eigenvalue weighted by molar-refractivity contribution is 7.89. The lowest BCUT2D eigenvalue weighted by Crippen LogP contribution is -2.38. The molecule has 178 valence electrons. The summed E-state index contributed by atoms with van der Waals surface area (Å²) >= 11 is 0. The molecule has 0 atom stereocenters. The summed E-state index contributed by atoms with van der Waals surface area (Å²) in [5.41, 5.74) is 2.89. The summed E-state index contributed by atoms with van der Waals surface area (Å²) in [4.78, 5) is 38.3. The third kappa shape index (κ3) is 4.72. The number of rotatable bonds is 7. The number of fused-ring (bicyclic) bond motifs is 3. The molecule has 0 unspecified atom stereocenters. The Morgan fingerprint density at radius 3 is 2.61 bits per heavy atom. The van der Waals surface area contributed by atoms with Gasteiger partial charge in [0.25, 0.3) is 11.8 Å². The van der Waals surface area contributed by atoms with Crippen LogP contribution in [0.3, 0.4) is 0 Å². The topological polar surface area (TPSA) is 109 Å². The Morgan fingerprint density at radius 1 is 1.21 bits per heavy atom. The van der Waals surface area contributed by atoms with Gasteiger partial charge in [-0.2, -0.15) is 0 Å². The highest BCUT2D eigenvalue weighted by Gasteiger charge is 2.32. The van der Waals surface area contributed by atoms with Crippen LogP contribution >= 0.6 is 0 Å². The first-order valence-corrected chi connectivity index (χ1v) is 13.3. The van der Waals surface area contributed by atoms with Crippen LogP contribution in [0.4, 0.5) is 0 Å². The molecule has 33 heavy (non-hydrogen) atoms. The Hall–Kier alpha value is -2.59. The van der Waals surface area contributed by atoms with Gasteiger partial charge in [0.2, 0.25) is 10.0 Å². The number of carbonyl (C=O) groups is 2. The molecule has 1 saturated carbocycles. The van der Waals surface area contributed by atoms with Crippen molar-refractivity contribution in [1.82, 2.24) is 13.8 Å². The Kier molecular flexibility index (Phi) is 6.67. The Labute approximate surface area is 193 Å². The second-order valence-electron chi connectivity index (χ2n) is 9.16. The first kappa shape index (κ1) is 23.6. The van der Waals surface area contributed by atoms with E-state index in [9.17, 15) is 22.9 Å². The molecular formula is C23H30N4O5S. The van der Waals surface area contributed by atoms with E-state index in [1.54, 1.807) is 25.2 Å². The van der Waals surface area contributed by atoms with Crippen molar-refractivity contribution >= 4 is 32.7 Å². The number of carbonyl (C=O) groups excluding carboxylic acids is 2. The lowest BCUT2D eigenvalue weighted by atomic mass is 10.0. The van der Waals surface area contributed by atoms with E-state index in [1.807, 2.05) is 0 Å². The van der Waals surface area contributed by atoms with E-state index in [2.05, 4.69) is 10.1 Å². The van der Waals surface area contributed by atoms with Crippen LogP contribution in [0.15, 0.2) is 23.4 Å². The standard InChI is InChI=1S/C23H30N4O5S/c1-25(12-5-8-22(28)24-30)23(29)16-9-10-20-18(14-16)19-15-26(17-6-3-4-7-17)13-11-21(19)27(20)33(2,31)32/h9-10,14,17H,3-8,11-13,15H2,1-2H3. The minimum atomic E-state index is -3.50. The molecule has 1 aromatic heterocycles. The highest BCUT2D eigenvalue weighted by atomic mass is 32.2. The summed E-state index contributed by atoms with van der Waals surface area (Å²) in [6, 6.07) is 5.70. The van der Waals surface area contributed by atoms with Crippen LogP contribution < -0.4 is 0 Å². The molecule has 1 aliphatic carbocycles. The smallest absolute Gasteiger partial charge is 0.286 e. The average Bonchev–Trinajstić information content (AvgIpc) is 3.43. The molecule has 4 rings (SSSR count). The SMILES string of the molecule is CN(CCCC(=O)N=O)C(=O)c1ccc2c(c1)c1c(n2S(C)(=O)=O)CCN(C2CCCC2)C1. The molecular weight excluding hydrogens is 444 g/mol. The Balaban J connectivity index is 1.66. The molecule has 2 amide bonds.